The zero-order valence-corrected chi connectivity index (χ0v) is 10.2. The minimum atomic E-state index is -0.0798. The number of imidazole rings is 1. The Bertz CT molecular complexity index is 475. The summed E-state index contributed by atoms with van der Waals surface area (Å²) in [6.45, 7) is 7.85. The average Bonchev–Trinajstić information content (AvgIpc) is 2.54. The molecule has 0 aliphatic carbocycles. The van der Waals surface area contributed by atoms with Crippen molar-refractivity contribution in [2.45, 2.75) is 27.7 Å². The van der Waals surface area contributed by atoms with Gasteiger partial charge in [0.25, 0.3) is 0 Å². The standard InChI is InChI=1S/C10H14N2O.C2H6/c1-4-6-7-8-9(5-2)12(3)10(13)11-8;1-2/h4-7H,1-3H3,(H,11,13);1-2H3/b6-4-,8-7+,9-5+;. The second kappa shape index (κ2) is 6.87. The smallest absolute Gasteiger partial charge is 0.306 e. The lowest BCUT2D eigenvalue weighted by Crippen LogP contribution is -2.29. The molecule has 1 aromatic heterocycles. The molecule has 0 aliphatic rings. The van der Waals surface area contributed by atoms with E-state index in [4.69, 9.17) is 0 Å². The summed E-state index contributed by atoms with van der Waals surface area (Å²) in [4.78, 5) is 14.0. The van der Waals surface area contributed by atoms with E-state index in [1.54, 1.807) is 11.6 Å². The van der Waals surface area contributed by atoms with Crippen molar-refractivity contribution in [3.63, 3.8) is 0 Å². The van der Waals surface area contributed by atoms with Gasteiger partial charge in [-0.05, 0) is 19.9 Å². The predicted molar refractivity (Wildman–Crippen MR) is 66.0 cm³/mol. The third-order valence-corrected chi connectivity index (χ3v) is 1.91. The van der Waals surface area contributed by atoms with Crippen LogP contribution in [0.2, 0.25) is 0 Å². The van der Waals surface area contributed by atoms with Crippen LogP contribution in [0.4, 0.5) is 0 Å². The maximum absolute atomic E-state index is 11.2. The van der Waals surface area contributed by atoms with Gasteiger partial charge in [0.2, 0.25) is 0 Å². The Balaban J connectivity index is 0.000000921. The van der Waals surface area contributed by atoms with Gasteiger partial charge in [-0.3, -0.25) is 4.57 Å². The Hall–Kier alpha value is -1.51. The molecule has 3 heteroatoms. The van der Waals surface area contributed by atoms with Gasteiger partial charge < -0.3 is 4.98 Å². The molecule has 0 saturated carbocycles. The number of aromatic nitrogens is 2. The van der Waals surface area contributed by atoms with Crippen molar-refractivity contribution in [2.24, 2.45) is 7.05 Å². The van der Waals surface area contributed by atoms with Crippen LogP contribution >= 0.6 is 0 Å². The summed E-state index contributed by atoms with van der Waals surface area (Å²) in [5.41, 5.74) is -0.0798. The lowest BCUT2D eigenvalue weighted by molar-refractivity contribution is 0.835. The van der Waals surface area contributed by atoms with Crippen LogP contribution in [0, 0.1) is 0 Å². The van der Waals surface area contributed by atoms with E-state index in [-0.39, 0.29) is 5.69 Å². The van der Waals surface area contributed by atoms with Crippen LogP contribution in [0.15, 0.2) is 16.9 Å². The normalized spacial score (nSPS) is 13.1. The van der Waals surface area contributed by atoms with E-state index >= 15 is 0 Å². The third kappa shape index (κ3) is 3.27. The van der Waals surface area contributed by atoms with Gasteiger partial charge in [-0.1, -0.05) is 32.1 Å². The highest BCUT2D eigenvalue weighted by Gasteiger charge is 1.94. The molecule has 0 amide bonds. The average molecular weight is 208 g/mol. The molecule has 0 atom stereocenters. The highest BCUT2D eigenvalue weighted by molar-refractivity contribution is 5.35. The van der Waals surface area contributed by atoms with Crippen molar-refractivity contribution in [1.82, 2.24) is 9.55 Å². The Labute approximate surface area is 90.5 Å². The Kier molecular flexibility index (Phi) is 6.18. The Morgan fingerprint density at radius 2 is 1.87 bits per heavy atom. The first-order valence-corrected chi connectivity index (χ1v) is 5.25. The van der Waals surface area contributed by atoms with Gasteiger partial charge in [-0.25, -0.2) is 4.79 Å². The maximum Gasteiger partial charge on any atom is 0.326 e. The molecule has 1 aromatic rings. The molecule has 15 heavy (non-hydrogen) atoms. The van der Waals surface area contributed by atoms with Crippen molar-refractivity contribution in [1.29, 1.82) is 0 Å². The topological polar surface area (TPSA) is 37.8 Å². The monoisotopic (exact) mass is 208 g/mol. The molecule has 0 unspecified atom stereocenters. The fourth-order valence-corrected chi connectivity index (χ4v) is 1.22. The molecule has 1 heterocycles. The number of hydrogen-bond donors (Lipinski definition) is 1. The number of nitrogens with one attached hydrogen (secondary N) is 1. The van der Waals surface area contributed by atoms with Crippen molar-refractivity contribution in [3.8, 4) is 0 Å². The minimum Gasteiger partial charge on any atom is -0.306 e. The van der Waals surface area contributed by atoms with Crippen LogP contribution in [0.1, 0.15) is 27.7 Å². The Morgan fingerprint density at radius 3 is 2.33 bits per heavy atom. The van der Waals surface area contributed by atoms with E-state index in [9.17, 15) is 4.79 Å². The summed E-state index contributed by atoms with van der Waals surface area (Å²) in [7, 11) is 1.75. The minimum absolute atomic E-state index is 0.0798. The molecular formula is C12H20N2O. The van der Waals surface area contributed by atoms with E-state index < -0.39 is 0 Å². The lowest BCUT2D eigenvalue weighted by atomic mass is 10.4. The zero-order valence-electron chi connectivity index (χ0n) is 10.2. The molecule has 0 bridgehead atoms. The molecule has 0 aromatic carbocycles. The van der Waals surface area contributed by atoms with Crippen molar-refractivity contribution < 1.29 is 0 Å². The van der Waals surface area contributed by atoms with Crippen LogP contribution < -0.4 is 16.4 Å². The van der Waals surface area contributed by atoms with Gasteiger partial charge in [-0.15, -0.1) is 0 Å². The molecular weight excluding hydrogens is 188 g/mol. The van der Waals surface area contributed by atoms with E-state index in [0.717, 1.165) is 10.7 Å². The number of hydrogen-bond acceptors (Lipinski definition) is 1. The Morgan fingerprint density at radius 1 is 1.27 bits per heavy atom. The summed E-state index contributed by atoms with van der Waals surface area (Å²) in [6.07, 6.45) is 7.62. The van der Waals surface area contributed by atoms with Gasteiger partial charge in [0.15, 0.2) is 0 Å². The molecule has 1 rings (SSSR count). The molecule has 0 fully saturated rings. The molecule has 0 aliphatic heterocycles. The van der Waals surface area contributed by atoms with Gasteiger partial charge in [-0.2, -0.15) is 0 Å². The maximum atomic E-state index is 11.2. The lowest BCUT2D eigenvalue weighted by Gasteiger charge is -1.84. The third-order valence-electron chi connectivity index (χ3n) is 1.91. The highest BCUT2D eigenvalue weighted by Crippen LogP contribution is 1.69. The van der Waals surface area contributed by atoms with Gasteiger partial charge in [0, 0.05) is 7.05 Å². The number of allylic oxidation sites excluding steroid dienone is 2. The highest BCUT2D eigenvalue weighted by atomic mass is 16.1. The van der Waals surface area contributed by atoms with Crippen LogP contribution in [-0.4, -0.2) is 9.55 Å². The van der Waals surface area contributed by atoms with E-state index in [1.165, 1.54) is 0 Å². The van der Waals surface area contributed by atoms with Gasteiger partial charge >= 0.3 is 5.69 Å². The fourth-order valence-electron chi connectivity index (χ4n) is 1.22. The number of nitrogens with zero attached hydrogens (tertiary/aromatic N) is 1. The van der Waals surface area contributed by atoms with E-state index in [1.807, 2.05) is 52.0 Å². The summed E-state index contributed by atoms with van der Waals surface area (Å²) in [5.74, 6) is 0. The van der Waals surface area contributed by atoms with Gasteiger partial charge in [0.1, 0.15) is 0 Å². The first-order valence-electron chi connectivity index (χ1n) is 5.25. The molecule has 0 saturated heterocycles. The SMILES string of the molecule is CC.C\C=C/C=c1/[nH]c(=O)n(C)/c1=C/C. The van der Waals surface area contributed by atoms with Crippen molar-refractivity contribution in [2.75, 3.05) is 0 Å². The molecule has 1 N–H and O–H groups in total. The second-order valence-electron chi connectivity index (χ2n) is 2.77. The van der Waals surface area contributed by atoms with E-state index in [0.29, 0.717) is 0 Å². The summed E-state index contributed by atoms with van der Waals surface area (Å²) in [6, 6.07) is 0. The van der Waals surface area contributed by atoms with E-state index in [2.05, 4.69) is 4.98 Å². The molecule has 3 nitrogen and oxygen atoms in total. The van der Waals surface area contributed by atoms with Crippen LogP contribution in [0.3, 0.4) is 0 Å². The fraction of sp³-hybridized carbons (Fsp3) is 0.417. The summed E-state index contributed by atoms with van der Waals surface area (Å²) in [5, 5.41) is 1.77. The molecule has 0 spiro atoms. The van der Waals surface area contributed by atoms with Crippen LogP contribution in [0.25, 0.3) is 12.2 Å². The first-order chi connectivity index (χ1) is 7.20. The van der Waals surface area contributed by atoms with Crippen molar-refractivity contribution in [3.05, 3.63) is 33.3 Å². The summed E-state index contributed by atoms with van der Waals surface area (Å²) >= 11 is 0. The largest absolute Gasteiger partial charge is 0.326 e. The van der Waals surface area contributed by atoms with Gasteiger partial charge in [0.05, 0.1) is 10.7 Å². The number of H-pyrrole nitrogens is 1. The van der Waals surface area contributed by atoms with Crippen LogP contribution in [-0.2, 0) is 7.05 Å². The second-order valence-corrected chi connectivity index (χ2v) is 2.77. The van der Waals surface area contributed by atoms with Crippen molar-refractivity contribution >= 4 is 12.2 Å². The molecule has 0 radical (unpaired) electrons. The molecule has 84 valence electrons. The first kappa shape index (κ1) is 13.5. The van der Waals surface area contributed by atoms with Crippen LogP contribution in [0.5, 0.6) is 0 Å². The number of aromatic amines is 1. The quantitative estimate of drug-likeness (QED) is 0.731. The number of rotatable bonds is 1. The predicted octanol–water partition coefficient (Wildman–Crippen LogP) is 0.897. The summed E-state index contributed by atoms with van der Waals surface area (Å²) < 4.78 is 1.59. The zero-order chi connectivity index (χ0) is 11.8.